The van der Waals surface area contributed by atoms with E-state index in [4.69, 9.17) is 0 Å². The van der Waals surface area contributed by atoms with Crippen LogP contribution in [-0.4, -0.2) is 0 Å². The molecule has 4 aliphatic carbocycles. The zero-order chi connectivity index (χ0) is 37.6. The number of rotatable bonds is 7. The molecule has 6 aromatic rings. The molecule has 0 spiro atoms. The molecule has 0 radical (unpaired) electrons. The van der Waals surface area contributed by atoms with Gasteiger partial charge >= 0.3 is 0 Å². The van der Waals surface area contributed by atoms with E-state index in [0.717, 1.165) is 18.8 Å². The average molecular weight is 732 g/mol. The normalized spacial score (nSPS) is 17.9. The quantitative estimate of drug-likeness (QED) is 0.158. The second-order valence-corrected chi connectivity index (χ2v) is 18.0. The number of anilines is 3. The molecule has 2 saturated carbocycles. The predicted molar refractivity (Wildman–Crippen MR) is 238 cm³/mol. The summed E-state index contributed by atoms with van der Waals surface area (Å²) in [6, 6.07) is 50.0. The minimum Gasteiger partial charge on any atom is -0.310 e. The predicted octanol–water partition coefficient (Wildman–Crippen LogP) is 15.8. The van der Waals surface area contributed by atoms with Gasteiger partial charge in [-0.15, -0.1) is 0 Å². The van der Waals surface area contributed by atoms with E-state index in [-0.39, 0.29) is 5.41 Å². The van der Waals surface area contributed by atoms with Crippen molar-refractivity contribution in [2.75, 3.05) is 4.90 Å². The first-order valence-electron chi connectivity index (χ1n) is 22.0. The van der Waals surface area contributed by atoms with E-state index < -0.39 is 0 Å². The third-order valence-corrected chi connectivity index (χ3v) is 14.3. The molecule has 1 nitrogen and oxygen atoms in total. The Hall–Kier alpha value is -4.88. The van der Waals surface area contributed by atoms with Crippen molar-refractivity contribution in [2.24, 2.45) is 0 Å². The van der Waals surface area contributed by atoms with Gasteiger partial charge in [0.2, 0.25) is 0 Å². The molecule has 56 heavy (non-hydrogen) atoms. The first-order chi connectivity index (χ1) is 27.5. The van der Waals surface area contributed by atoms with Crippen LogP contribution in [0.4, 0.5) is 17.1 Å². The Balaban J connectivity index is 1.08. The summed E-state index contributed by atoms with van der Waals surface area (Å²) in [5, 5.41) is 0. The van der Waals surface area contributed by atoms with Gasteiger partial charge in [0.1, 0.15) is 0 Å². The summed E-state index contributed by atoms with van der Waals surface area (Å²) in [7, 11) is 0. The summed E-state index contributed by atoms with van der Waals surface area (Å²) >= 11 is 0. The Morgan fingerprint density at radius 2 is 1.05 bits per heavy atom. The third kappa shape index (κ3) is 6.52. The van der Waals surface area contributed by atoms with Crippen molar-refractivity contribution < 1.29 is 0 Å². The number of aryl methyl sites for hydroxylation is 1. The van der Waals surface area contributed by atoms with E-state index in [1.54, 1.807) is 0 Å². The molecule has 0 heterocycles. The van der Waals surface area contributed by atoms with E-state index in [2.05, 4.69) is 146 Å². The Morgan fingerprint density at radius 3 is 1.77 bits per heavy atom. The summed E-state index contributed by atoms with van der Waals surface area (Å²) in [5.74, 6) is 1.42. The molecular formula is C55H57N. The monoisotopic (exact) mass is 731 g/mol. The summed E-state index contributed by atoms with van der Waals surface area (Å²) in [4.78, 5) is 2.62. The molecule has 2 fully saturated rings. The lowest BCUT2D eigenvalue weighted by Gasteiger charge is -2.32. The molecule has 0 amide bonds. The first kappa shape index (κ1) is 35.5. The van der Waals surface area contributed by atoms with Crippen LogP contribution in [0.25, 0.3) is 33.4 Å². The van der Waals surface area contributed by atoms with Crippen LogP contribution < -0.4 is 4.90 Å². The molecule has 282 valence electrons. The van der Waals surface area contributed by atoms with Gasteiger partial charge < -0.3 is 4.90 Å². The van der Waals surface area contributed by atoms with Crippen molar-refractivity contribution in [3.63, 3.8) is 0 Å². The Bertz CT molecular complexity index is 2350. The summed E-state index contributed by atoms with van der Waals surface area (Å²) in [6.45, 7) is 4.81. The fourth-order valence-corrected chi connectivity index (χ4v) is 11.1. The van der Waals surface area contributed by atoms with Gasteiger partial charge in [-0.05, 0) is 166 Å². The smallest absolute Gasteiger partial charge is 0.0502 e. The van der Waals surface area contributed by atoms with E-state index in [0.29, 0.717) is 5.92 Å². The summed E-state index contributed by atoms with van der Waals surface area (Å²) < 4.78 is 0. The van der Waals surface area contributed by atoms with Crippen molar-refractivity contribution in [3.05, 3.63) is 161 Å². The van der Waals surface area contributed by atoms with Crippen LogP contribution in [0.5, 0.6) is 0 Å². The second-order valence-electron chi connectivity index (χ2n) is 18.0. The highest BCUT2D eigenvalue weighted by atomic mass is 15.1. The molecule has 0 bridgehead atoms. The van der Waals surface area contributed by atoms with Crippen LogP contribution in [0.3, 0.4) is 0 Å². The summed E-state index contributed by atoms with van der Waals surface area (Å²) in [5.41, 5.74) is 20.7. The van der Waals surface area contributed by atoms with E-state index in [9.17, 15) is 0 Å². The summed E-state index contributed by atoms with van der Waals surface area (Å²) in [6.07, 6.45) is 18.3. The molecule has 6 aromatic carbocycles. The largest absolute Gasteiger partial charge is 0.310 e. The first-order valence-corrected chi connectivity index (χ1v) is 22.0. The number of nitrogens with zero attached hydrogens (tertiary/aromatic N) is 1. The average Bonchev–Trinajstić information content (AvgIpc) is 3.50. The van der Waals surface area contributed by atoms with Gasteiger partial charge in [-0.3, -0.25) is 0 Å². The molecule has 10 rings (SSSR count). The Labute approximate surface area is 335 Å². The Morgan fingerprint density at radius 1 is 0.446 bits per heavy atom. The highest BCUT2D eigenvalue weighted by Crippen LogP contribution is 2.51. The van der Waals surface area contributed by atoms with Crippen LogP contribution in [0, 0.1) is 0 Å². The maximum Gasteiger partial charge on any atom is 0.0502 e. The van der Waals surface area contributed by atoms with Gasteiger partial charge in [0.25, 0.3) is 0 Å². The van der Waals surface area contributed by atoms with Crippen molar-refractivity contribution in [1.82, 2.24) is 0 Å². The Kier molecular flexibility index (Phi) is 9.45. The van der Waals surface area contributed by atoms with Crippen LogP contribution in [0.15, 0.2) is 127 Å². The molecule has 0 unspecified atom stereocenters. The molecule has 0 aromatic heterocycles. The maximum atomic E-state index is 2.62. The van der Waals surface area contributed by atoms with Gasteiger partial charge in [0.05, 0.1) is 5.69 Å². The molecule has 0 aliphatic heterocycles. The number of hydrogen-bond donors (Lipinski definition) is 0. The zero-order valence-corrected chi connectivity index (χ0v) is 33.6. The van der Waals surface area contributed by atoms with Gasteiger partial charge in [-0.1, -0.05) is 143 Å². The van der Waals surface area contributed by atoms with Crippen LogP contribution in [0.2, 0.25) is 0 Å². The highest BCUT2D eigenvalue weighted by molar-refractivity contribution is 5.88. The van der Waals surface area contributed by atoms with Crippen LogP contribution >= 0.6 is 0 Å². The fourth-order valence-electron chi connectivity index (χ4n) is 11.1. The van der Waals surface area contributed by atoms with E-state index >= 15 is 0 Å². The van der Waals surface area contributed by atoms with Gasteiger partial charge in [-0.25, -0.2) is 0 Å². The standard InChI is InChI=1S/C55H57N/c1-55(2)52-23-12-11-22-50(52)51-33-32-48(37-53(51)55)56(47-30-28-41(29-31-47)39-16-7-4-8-17-39)54-36-46(35-45-18-9-10-21-49(45)54)44-20-13-19-43(34-44)42-26-24-40(25-27-42)38-14-5-3-6-15-38/h11-13,19-20,22-39H,3-10,14-18,21H2,1-2H3. The number of hydrogen-bond acceptors (Lipinski definition) is 1. The second kappa shape index (κ2) is 14.9. The van der Waals surface area contributed by atoms with Gasteiger partial charge in [-0.2, -0.15) is 0 Å². The minimum atomic E-state index is -0.0607. The molecular weight excluding hydrogens is 675 g/mol. The molecule has 4 aliphatic rings. The van der Waals surface area contributed by atoms with Crippen LogP contribution in [-0.2, 0) is 18.3 Å². The zero-order valence-electron chi connectivity index (χ0n) is 33.6. The molecule has 0 N–H and O–H groups in total. The van der Waals surface area contributed by atoms with Crippen molar-refractivity contribution in [2.45, 2.75) is 121 Å². The fraction of sp³-hybridized carbons (Fsp3) is 0.345. The van der Waals surface area contributed by atoms with E-state index in [1.807, 2.05) is 0 Å². The van der Waals surface area contributed by atoms with E-state index in [1.165, 1.54) is 161 Å². The lowest BCUT2D eigenvalue weighted by atomic mass is 9.82. The molecule has 0 atom stereocenters. The third-order valence-electron chi connectivity index (χ3n) is 14.3. The number of benzene rings is 6. The van der Waals surface area contributed by atoms with Crippen molar-refractivity contribution in [1.29, 1.82) is 0 Å². The topological polar surface area (TPSA) is 3.24 Å². The maximum absolute atomic E-state index is 2.62. The van der Waals surface area contributed by atoms with Crippen molar-refractivity contribution in [3.8, 4) is 33.4 Å². The molecule has 1 heteroatoms. The van der Waals surface area contributed by atoms with Crippen LogP contribution in [0.1, 0.15) is 136 Å². The lowest BCUT2D eigenvalue weighted by Crippen LogP contribution is -2.18. The highest BCUT2D eigenvalue weighted by Gasteiger charge is 2.36. The van der Waals surface area contributed by atoms with Gasteiger partial charge in [0, 0.05) is 16.8 Å². The molecule has 0 saturated heterocycles. The number of fused-ring (bicyclic) bond motifs is 4. The minimum absolute atomic E-state index is 0.0607. The SMILES string of the molecule is CC1(C)c2ccccc2-c2ccc(N(c3ccc(C4CCCCC4)cc3)c3cc(-c4cccc(-c5ccc(C6CCCCC6)cc5)c4)cc4c3CCCC4)cc21. The van der Waals surface area contributed by atoms with Gasteiger partial charge in [0.15, 0.2) is 0 Å². The lowest BCUT2D eigenvalue weighted by molar-refractivity contribution is 0.443. The van der Waals surface area contributed by atoms with Crippen molar-refractivity contribution >= 4 is 17.1 Å².